The van der Waals surface area contributed by atoms with Gasteiger partial charge in [-0.3, -0.25) is 0 Å². The summed E-state index contributed by atoms with van der Waals surface area (Å²) in [6.45, 7) is 7.87. The van der Waals surface area contributed by atoms with Gasteiger partial charge in [0.1, 0.15) is 0 Å². The summed E-state index contributed by atoms with van der Waals surface area (Å²) in [4.78, 5) is 5.40. The summed E-state index contributed by atoms with van der Waals surface area (Å²) in [5.74, 6) is 0.782. The summed E-state index contributed by atoms with van der Waals surface area (Å²) in [6, 6.07) is 7.45. The van der Waals surface area contributed by atoms with Gasteiger partial charge >= 0.3 is 0 Å². The van der Waals surface area contributed by atoms with Crippen LogP contribution in [0, 0.1) is 5.92 Å². The molecule has 6 heteroatoms. The van der Waals surface area contributed by atoms with E-state index in [1.54, 1.807) is 6.07 Å². The molecule has 1 aromatic rings. The van der Waals surface area contributed by atoms with Crippen LogP contribution in [0.2, 0.25) is 0 Å². The van der Waals surface area contributed by atoms with Crippen molar-refractivity contribution in [1.29, 1.82) is 0 Å². The van der Waals surface area contributed by atoms with E-state index >= 15 is 0 Å². The second-order valence-electron chi connectivity index (χ2n) is 6.23. The fourth-order valence-electron chi connectivity index (χ4n) is 3.42. The van der Waals surface area contributed by atoms with Crippen molar-refractivity contribution in [2.24, 2.45) is 5.92 Å². The van der Waals surface area contributed by atoms with Crippen molar-refractivity contribution >= 4 is 16.8 Å². The Bertz CT molecular complexity index is 512. The SMILES string of the molecule is O=S(O)c1cccc(N2CCC(CN3CCNCC3)CC2)c1. The second kappa shape index (κ2) is 7.55. The van der Waals surface area contributed by atoms with Crippen molar-refractivity contribution in [2.45, 2.75) is 17.7 Å². The summed E-state index contributed by atoms with van der Waals surface area (Å²) < 4.78 is 20.4. The highest BCUT2D eigenvalue weighted by Gasteiger charge is 2.22. The zero-order valence-electron chi connectivity index (χ0n) is 12.9. The molecule has 22 heavy (non-hydrogen) atoms. The van der Waals surface area contributed by atoms with Gasteiger partial charge in [-0.05, 0) is 37.0 Å². The monoisotopic (exact) mass is 323 g/mol. The Kier molecular flexibility index (Phi) is 5.46. The number of benzene rings is 1. The van der Waals surface area contributed by atoms with Crippen LogP contribution >= 0.6 is 0 Å². The van der Waals surface area contributed by atoms with Crippen molar-refractivity contribution in [2.75, 3.05) is 50.7 Å². The van der Waals surface area contributed by atoms with Crippen molar-refractivity contribution in [1.82, 2.24) is 10.2 Å². The molecule has 0 radical (unpaired) electrons. The average molecular weight is 323 g/mol. The zero-order valence-corrected chi connectivity index (χ0v) is 13.7. The van der Waals surface area contributed by atoms with Crippen LogP contribution in [0.25, 0.3) is 0 Å². The molecule has 2 aliphatic rings. The van der Waals surface area contributed by atoms with E-state index in [-0.39, 0.29) is 0 Å². The molecule has 3 rings (SSSR count). The molecule has 0 saturated carbocycles. The summed E-state index contributed by atoms with van der Waals surface area (Å²) in [5.41, 5.74) is 1.07. The van der Waals surface area contributed by atoms with Crippen LogP contribution in [-0.4, -0.2) is 59.5 Å². The third-order valence-corrected chi connectivity index (χ3v) is 5.38. The highest BCUT2D eigenvalue weighted by Crippen LogP contribution is 2.25. The number of piperidine rings is 1. The fourth-order valence-corrected chi connectivity index (χ4v) is 3.84. The Labute approximate surface area is 135 Å². The number of rotatable bonds is 4. The Hall–Kier alpha value is -0.950. The molecule has 1 unspecified atom stereocenters. The molecule has 0 spiro atoms. The lowest BCUT2D eigenvalue weighted by Gasteiger charge is -2.37. The highest BCUT2D eigenvalue weighted by molar-refractivity contribution is 7.79. The molecule has 0 amide bonds. The first kappa shape index (κ1) is 15.9. The van der Waals surface area contributed by atoms with Crippen LogP contribution in [0.5, 0.6) is 0 Å². The van der Waals surface area contributed by atoms with E-state index in [0.717, 1.165) is 37.8 Å². The molecular formula is C16H25N3O2S. The number of nitrogens with zero attached hydrogens (tertiary/aromatic N) is 2. The quantitative estimate of drug-likeness (QED) is 0.820. The Morgan fingerprint density at radius 3 is 2.59 bits per heavy atom. The van der Waals surface area contributed by atoms with Gasteiger partial charge in [-0.15, -0.1) is 0 Å². The second-order valence-corrected chi connectivity index (χ2v) is 7.20. The molecule has 0 aliphatic carbocycles. The summed E-state index contributed by atoms with van der Waals surface area (Å²) in [5, 5.41) is 3.40. The van der Waals surface area contributed by atoms with E-state index in [4.69, 9.17) is 0 Å². The van der Waals surface area contributed by atoms with Crippen LogP contribution in [0.4, 0.5) is 5.69 Å². The molecule has 2 N–H and O–H groups in total. The first-order chi connectivity index (χ1) is 10.7. The van der Waals surface area contributed by atoms with Crippen molar-refractivity contribution < 1.29 is 8.76 Å². The highest BCUT2D eigenvalue weighted by atomic mass is 32.2. The molecule has 2 saturated heterocycles. The lowest BCUT2D eigenvalue weighted by Crippen LogP contribution is -2.46. The number of piperazine rings is 1. The van der Waals surface area contributed by atoms with Crippen molar-refractivity contribution in [3.8, 4) is 0 Å². The number of hydrogen-bond donors (Lipinski definition) is 2. The minimum Gasteiger partial charge on any atom is -0.371 e. The minimum absolute atomic E-state index is 0.487. The van der Waals surface area contributed by atoms with E-state index in [0.29, 0.717) is 4.90 Å². The molecule has 5 nitrogen and oxygen atoms in total. The maximum Gasteiger partial charge on any atom is 0.186 e. The maximum absolute atomic E-state index is 11.2. The Morgan fingerprint density at radius 2 is 1.91 bits per heavy atom. The van der Waals surface area contributed by atoms with E-state index < -0.39 is 11.1 Å². The molecule has 122 valence electrons. The molecule has 0 aromatic heterocycles. The Balaban J connectivity index is 1.52. The van der Waals surface area contributed by atoms with E-state index in [1.165, 1.54) is 32.5 Å². The molecule has 2 aliphatic heterocycles. The van der Waals surface area contributed by atoms with E-state index in [9.17, 15) is 8.76 Å². The van der Waals surface area contributed by atoms with Crippen LogP contribution < -0.4 is 10.2 Å². The normalized spacial score (nSPS) is 22.7. The van der Waals surface area contributed by atoms with Gasteiger partial charge in [0.2, 0.25) is 0 Å². The summed E-state index contributed by atoms with van der Waals surface area (Å²) >= 11 is -1.89. The molecule has 2 heterocycles. The molecule has 1 atom stereocenters. The molecule has 2 fully saturated rings. The predicted octanol–water partition coefficient (Wildman–Crippen LogP) is 1.39. The van der Waals surface area contributed by atoms with Crippen LogP contribution in [0.3, 0.4) is 0 Å². The molecule has 1 aromatic carbocycles. The lowest BCUT2D eigenvalue weighted by atomic mass is 9.95. The standard InChI is InChI=1S/C16H25N3O2S/c20-22(21)16-3-1-2-15(12-16)19-8-4-14(5-9-19)13-18-10-6-17-7-11-18/h1-3,12,14,17H,4-11,13H2,(H,20,21). The predicted molar refractivity (Wildman–Crippen MR) is 89.7 cm³/mol. The van der Waals surface area contributed by atoms with E-state index in [2.05, 4.69) is 15.1 Å². The van der Waals surface area contributed by atoms with E-state index in [1.807, 2.05) is 18.2 Å². The van der Waals surface area contributed by atoms with Gasteiger partial charge in [0.05, 0.1) is 4.90 Å². The van der Waals surface area contributed by atoms with Crippen molar-refractivity contribution in [3.63, 3.8) is 0 Å². The topological polar surface area (TPSA) is 55.8 Å². The molecular weight excluding hydrogens is 298 g/mol. The Morgan fingerprint density at radius 1 is 1.18 bits per heavy atom. The fraction of sp³-hybridized carbons (Fsp3) is 0.625. The third-order valence-electron chi connectivity index (χ3n) is 4.72. The first-order valence-electron chi connectivity index (χ1n) is 8.11. The minimum atomic E-state index is -1.89. The van der Waals surface area contributed by atoms with Crippen molar-refractivity contribution in [3.05, 3.63) is 24.3 Å². The zero-order chi connectivity index (χ0) is 15.4. The van der Waals surface area contributed by atoms with Gasteiger partial charge in [-0.25, -0.2) is 4.21 Å². The number of nitrogens with one attached hydrogen (secondary N) is 1. The smallest absolute Gasteiger partial charge is 0.186 e. The van der Waals surface area contributed by atoms with Gasteiger partial charge in [-0.1, -0.05) is 6.07 Å². The van der Waals surface area contributed by atoms with Gasteiger partial charge in [0.25, 0.3) is 0 Å². The average Bonchev–Trinajstić information content (AvgIpc) is 2.56. The molecule has 0 bridgehead atoms. The van der Waals surface area contributed by atoms with Crippen LogP contribution in [-0.2, 0) is 11.1 Å². The first-order valence-corrected chi connectivity index (χ1v) is 9.22. The van der Waals surface area contributed by atoms with Gasteiger partial charge in [0.15, 0.2) is 11.1 Å². The third kappa shape index (κ3) is 4.07. The van der Waals surface area contributed by atoms with Gasteiger partial charge < -0.3 is 19.7 Å². The largest absolute Gasteiger partial charge is 0.371 e. The lowest BCUT2D eigenvalue weighted by molar-refractivity contribution is 0.190. The van der Waals surface area contributed by atoms with Gasteiger partial charge in [0, 0.05) is 51.5 Å². The summed E-state index contributed by atoms with van der Waals surface area (Å²) in [6.07, 6.45) is 2.41. The number of hydrogen-bond acceptors (Lipinski definition) is 4. The van der Waals surface area contributed by atoms with Crippen LogP contribution in [0.15, 0.2) is 29.2 Å². The number of anilines is 1. The van der Waals surface area contributed by atoms with Gasteiger partial charge in [-0.2, -0.15) is 0 Å². The maximum atomic E-state index is 11.2. The summed E-state index contributed by atoms with van der Waals surface area (Å²) in [7, 11) is 0. The van der Waals surface area contributed by atoms with Crippen LogP contribution in [0.1, 0.15) is 12.8 Å².